The van der Waals surface area contributed by atoms with E-state index in [4.69, 9.17) is 18.9 Å². The minimum atomic E-state index is -0.552. The van der Waals surface area contributed by atoms with E-state index in [1.165, 1.54) is 45.7 Å². The average Bonchev–Trinajstić information content (AvgIpc) is 2.74. The molecule has 0 spiro atoms. The number of esters is 3. The van der Waals surface area contributed by atoms with Crippen LogP contribution in [0.2, 0.25) is 0 Å². The monoisotopic (exact) mass is 458 g/mol. The zero-order valence-corrected chi connectivity index (χ0v) is 19.3. The first-order valence-corrected chi connectivity index (χ1v) is 10.9. The lowest BCUT2D eigenvalue weighted by atomic mass is 10.1. The molecule has 0 radical (unpaired) electrons. The molecule has 0 aliphatic rings. The Morgan fingerprint density at radius 3 is 2.06 bits per heavy atom. The third kappa shape index (κ3) is 8.11. The van der Waals surface area contributed by atoms with Gasteiger partial charge in [0.1, 0.15) is 12.4 Å². The average molecular weight is 459 g/mol. The second kappa shape index (κ2) is 12.6. The van der Waals surface area contributed by atoms with Gasteiger partial charge in [-0.1, -0.05) is 36.4 Å². The molecule has 0 heterocycles. The summed E-state index contributed by atoms with van der Waals surface area (Å²) in [7, 11) is 1.50. The molecule has 8 heteroatoms. The molecule has 0 fully saturated rings. The Labute approximate surface area is 191 Å². The molecule has 0 amide bonds. The number of ether oxygens (including phenoxy) is 4. The quantitative estimate of drug-likeness (QED) is 0.294. The number of hydrogen-bond donors (Lipinski definition) is 0. The lowest BCUT2D eigenvalue weighted by Crippen LogP contribution is -2.08. The van der Waals surface area contributed by atoms with E-state index in [2.05, 4.69) is 0 Å². The Kier molecular flexibility index (Phi) is 9.81. The molecule has 2 aromatic carbocycles. The lowest BCUT2D eigenvalue weighted by Gasteiger charge is -2.17. The smallest absolute Gasteiger partial charge is 0.308 e. The van der Waals surface area contributed by atoms with Crippen LogP contribution in [-0.4, -0.2) is 37.4 Å². The summed E-state index contributed by atoms with van der Waals surface area (Å²) < 4.78 is 21.1. The number of carbonyl (C=O) groups is 3. The zero-order chi connectivity index (χ0) is 23.5. The topological polar surface area (TPSA) is 88.1 Å². The number of methoxy groups -OCH3 is 1. The predicted octanol–water partition coefficient (Wildman–Crippen LogP) is 4.43. The molecule has 7 nitrogen and oxygen atoms in total. The van der Waals surface area contributed by atoms with Crippen LogP contribution in [0.4, 0.5) is 0 Å². The van der Waals surface area contributed by atoms with Gasteiger partial charge in [0.05, 0.1) is 7.11 Å². The highest BCUT2D eigenvalue weighted by Gasteiger charge is 2.19. The summed E-state index contributed by atoms with van der Waals surface area (Å²) in [5.74, 6) is -0.305. The van der Waals surface area contributed by atoms with Crippen molar-refractivity contribution in [2.45, 2.75) is 27.2 Å². The van der Waals surface area contributed by atoms with Gasteiger partial charge in [-0.3, -0.25) is 14.4 Å². The van der Waals surface area contributed by atoms with Crippen LogP contribution in [-0.2, 0) is 25.5 Å². The number of rotatable bonds is 10. The first kappa shape index (κ1) is 25.0. The summed E-state index contributed by atoms with van der Waals surface area (Å²) in [6.45, 7) is 4.13. The highest BCUT2D eigenvalue weighted by molar-refractivity contribution is 8.08. The minimum Gasteiger partial charge on any atom is -0.496 e. The van der Waals surface area contributed by atoms with E-state index in [1.807, 2.05) is 36.4 Å². The SMILES string of the molecule is COc1cc(OC(C)=O)c(OC(C)=O)cc1/C(=C/Cc1ccccc1)SCCOC(C)=O. The highest BCUT2D eigenvalue weighted by Crippen LogP contribution is 2.42. The van der Waals surface area contributed by atoms with E-state index in [1.54, 1.807) is 6.07 Å². The number of benzene rings is 2. The van der Waals surface area contributed by atoms with Crippen LogP contribution in [0.1, 0.15) is 31.9 Å². The minimum absolute atomic E-state index is 0.0839. The van der Waals surface area contributed by atoms with Crippen molar-refractivity contribution in [1.29, 1.82) is 0 Å². The predicted molar refractivity (Wildman–Crippen MR) is 123 cm³/mol. The molecule has 170 valence electrons. The van der Waals surface area contributed by atoms with Crippen molar-refractivity contribution in [1.82, 2.24) is 0 Å². The molecular weight excluding hydrogens is 432 g/mol. The standard InChI is InChI=1S/C24H26O7S/c1-16(25)29-12-13-32-24(11-10-19-8-6-5-7-9-19)20-14-22(30-17(2)26)23(31-18(3)27)15-21(20)28-4/h5-9,11,14-15H,10,12-13H2,1-4H3/b24-11-. The molecule has 0 atom stereocenters. The van der Waals surface area contributed by atoms with Gasteiger partial charge in [-0.05, 0) is 18.1 Å². The third-order valence-corrected chi connectivity index (χ3v) is 5.12. The molecule has 0 unspecified atom stereocenters. The van der Waals surface area contributed by atoms with Gasteiger partial charge in [0.2, 0.25) is 0 Å². The van der Waals surface area contributed by atoms with Gasteiger partial charge in [-0.25, -0.2) is 0 Å². The largest absolute Gasteiger partial charge is 0.496 e. The Hall–Kier alpha value is -3.26. The maximum atomic E-state index is 11.6. The van der Waals surface area contributed by atoms with Crippen molar-refractivity contribution in [3.63, 3.8) is 0 Å². The fourth-order valence-corrected chi connectivity index (χ4v) is 3.68. The maximum Gasteiger partial charge on any atom is 0.308 e. The van der Waals surface area contributed by atoms with Crippen LogP contribution in [0, 0.1) is 0 Å². The molecule has 0 aliphatic carbocycles. The Morgan fingerprint density at radius 1 is 0.875 bits per heavy atom. The number of hydrogen-bond acceptors (Lipinski definition) is 8. The maximum absolute atomic E-state index is 11.6. The first-order chi connectivity index (χ1) is 15.3. The summed E-state index contributed by atoms with van der Waals surface area (Å²) in [6.07, 6.45) is 2.67. The van der Waals surface area contributed by atoms with E-state index >= 15 is 0 Å². The van der Waals surface area contributed by atoms with Crippen molar-refractivity contribution in [3.8, 4) is 17.2 Å². The lowest BCUT2D eigenvalue weighted by molar-refractivity contribution is -0.140. The summed E-state index contributed by atoms with van der Waals surface area (Å²) in [6, 6.07) is 13.0. The summed E-state index contributed by atoms with van der Waals surface area (Å²) in [5.41, 5.74) is 1.77. The van der Waals surface area contributed by atoms with E-state index in [0.717, 1.165) is 10.5 Å². The van der Waals surface area contributed by atoms with Crippen molar-refractivity contribution in [2.75, 3.05) is 19.5 Å². The van der Waals surface area contributed by atoms with Gasteiger partial charge < -0.3 is 18.9 Å². The second-order valence-electron chi connectivity index (χ2n) is 6.63. The summed E-state index contributed by atoms with van der Waals surface area (Å²) in [5, 5.41) is 0. The van der Waals surface area contributed by atoms with Gasteiger partial charge in [-0.15, -0.1) is 11.8 Å². The van der Waals surface area contributed by atoms with Gasteiger partial charge in [0.25, 0.3) is 0 Å². The zero-order valence-electron chi connectivity index (χ0n) is 18.5. The van der Waals surface area contributed by atoms with Gasteiger partial charge >= 0.3 is 17.9 Å². The second-order valence-corrected chi connectivity index (χ2v) is 7.77. The molecule has 32 heavy (non-hydrogen) atoms. The van der Waals surface area contributed by atoms with Crippen LogP contribution in [0.5, 0.6) is 17.2 Å². The molecule has 0 N–H and O–H groups in total. The fraction of sp³-hybridized carbons (Fsp3) is 0.292. The normalized spacial score (nSPS) is 10.9. The van der Waals surface area contributed by atoms with Crippen LogP contribution in [0.25, 0.3) is 4.91 Å². The molecule has 0 saturated heterocycles. The van der Waals surface area contributed by atoms with Gasteiger partial charge in [0, 0.05) is 43.1 Å². The molecule has 0 aliphatic heterocycles. The number of carbonyl (C=O) groups excluding carboxylic acids is 3. The van der Waals surface area contributed by atoms with Crippen LogP contribution < -0.4 is 14.2 Å². The fourth-order valence-electron chi connectivity index (χ4n) is 2.78. The number of thioether (sulfide) groups is 1. The van der Waals surface area contributed by atoms with Crippen LogP contribution in [0.3, 0.4) is 0 Å². The third-order valence-electron chi connectivity index (χ3n) is 4.05. The molecule has 2 rings (SSSR count). The van der Waals surface area contributed by atoms with Crippen LogP contribution >= 0.6 is 11.8 Å². The van der Waals surface area contributed by atoms with E-state index in [9.17, 15) is 14.4 Å². The summed E-state index contributed by atoms with van der Waals surface area (Å²) >= 11 is 1.47. The summed E-state index contributed by atoms with van der Waals surface area (Å²) in [4.78, 5) is 35.0. The van der Waals surface area contributed by atoms with E-state index < -0.39 is 11.9 Å². The van der Waals surface area contributed by atoms with Gasteiger partial charge in [0.15, 0.2) is 11.5 Å². The Bertz CT molecular complexity index is 983. The highest BCUT2D eigenvalue weighted by atomic mass is 32.2. The molecular formula is C24H26O7S. The Morgan fingerprint density at radius 2 is 1.50 bits per heavy atom. The first-order valence-electron chi connectivity index (χ1n) is 9.89. The van der Waals surface area contributed by atoms with E-state index in [0.29, 0.717) is 23.5 Å². The Balaban J connectivity index is 2.46. The van der Waals surface area contributed by atoms with Crippen molar-refractivity contribution in [2.24, 2.45) is 0 Å². The van der Waals surface area contributed by atoms with Crippen molar-refractivity contribution in [3.05, 3.63) is 59.7 Å². The van der Waals surface area contributed by atoms with Crippen molar-refractivity contribution < 1.29 is 33.3 Å². The molecule has 2 aromatic rings. The van der Waals surface area contributed by atoms with Crippen molar-refractivity contribution >= 4 is 34.6 Å². The number of allylic oxidation sites excluding steroid dienone is 1. The van der Waals surface area contributed by atoms with E-state index in [-0.39, 0.29) is 24.1 Å². The molecule has 0 aromatic heterocycles. The van der Waals surface area contributed by atoms with Gasteiger partial charge in [-0.2, -0.15) is 0 Å². The molecule has 0 bridgehead atoms. The van der Waals surface area contributed by atoms with Crippen LogP contribution in [0.15, 0.2) is 48.5 Å². The molecule has 0 saturated carbocycles.